The third-order valence-electron chi connectivity index (χ3n) is 3.33. The second-order valence-corrected chi connectivity index (χ2v) is 5.89. The molecule has 0 bridgehead atoms. The fraction of sp³-hybridized carbons (Fsp3) is 0.312. The molecule has 1 heterocycles. The van der Waals surface area contributed by atoms with Gasteiger partial charge in [-0.1, -0.05) is 24.3 Å². The first-order valence-corrected chi connectivity index (χ1v) is 7.61. The molecule has 0 spiro atoms. The van der Waals surface area contributed by atoms with E-state index in [2.05, 4.69) is 29.3 Å². The Morgan fingerprint density at radius 3 is 2.65 bits per heavy atom. The van der Waals surface area contributed by atoms with Crippen molar-refractivity contribution < 1.29 is 4.79 Å². The van der Waals surface area contributed by atoms with E-state index in [-0.39, 0.29) is 11.9 Å². The molecule has 3 nitrogen and oxygen atoms in total. The minimum Gasteiger partial charge on any atom is -0.370 e. The number of thiophene rings is 1. The Hall–Kier alpha value is -1.81. The zero-order chi connectivity index (χ0) is 14.4. The van der Waals surface area contributed by atoms with Crippen LogP contribution in [-0.4, -0.2) is 25.5 Å². The number of nitrogens with zero attached hydrogens (tertiary/aromatic N) is 1. The fourth-order valence-corrected chi connectivity index (χ4v) is 2.65. The van der Waals surface area contributed by atoms with E-state index in [4.69, 9.17) is 0 Å². The minimum atomic E-state index is 0.0840. The normalized spacial score (nSPS) is 11.9. The summed E-state index contributed by atoms with van der Waals surface area (Å²) in [6, 6.07) is 14.4. The first kappa shape index (κ1) is 14.6. The highest BCUT2D eigenvalue weighted by Crippen LogP contribution is 2.13. The molecule has 0 aliphatic rings. The number of hydrogen-bond acceptors (Lipinski definition) is 3. The Bertz CT molecular complexity index is 525. The summed E-state index contributed by atoms with van der Waals surface area (Å²) in [5.41, 5.74) is 1.16. The van der Waals surface area contributed by atoms with Crippen LogP contribution >= 0.6 is 11.3 Å². The molecular formula is C16H20N2OS. The average molecular weight is 288 g/mol. The Morgan fingerprint density at radius 2 is 2.00 bits per heavy atom. The first-order chi connectivity index (χ1) is 9.66. The van der Waals surface area contributed by atoms with E-state index in [1.807, 2.05) is 42.8 Å². The van der Waals surface area contributed by atoms with Crippen molar-refractivity contribution in [3.8, 4) is 0 Å². The van der Waals surface area contributed by atoms with Crippen molar-refractivity contribution in [2.45, 2.75) is 19.4 Å². The average Bonchev–Trinajstić information content (AvgIpc) is 2.97. The Kier molecular flexibility index (Phi) is 5.18. The Balaban J connectivity index is 1.80. The molecule has 1 atom stereocenters. The number of carbonyl (C=O) groups is 1. The number of nitrogens with one attached hydrogen (secondary N) is 1. The lowest BCUT2D eigenvalue weighted by Crippen LogP contribution is -2.40. The zero-order valence-corrected chi connectivity index (χ0v) is 12.7. The molecule has 2 aromatic rings. The number of carbonyl (C=O) groups excluding carboxylic acids is 1. The Labute approximate surface area is 124 Å². The van der Waals surface area contributed by atoms with Crippen LogP contribution in [0.25, 0.3) is 0 Å². The summed E-state index contributed by atoms with van der Waals surface area (Å²) in [7, 11) is 2.05. The van der Waals surface area contributed by atoms with E-state index in [1.165, 1.54) is 0 Å². The molecule has 20 heavy (non-hydrogen) atoms. The third-order valence-corrected chi connectivity index (χ3v) is 4.21. The van der Waals surface area contributed by atoms with Gasteiger partial charge in [0.2, 0.25) is 5.91 Å². The van der Waals surface area contributed by atoms with E-state index < -0.39 is 0 Å². The van der Waals surface area contributed by atoms with Crippen LogP contribution in [0.15, 0.2) is 47.8 Å². The van der Waals surface area contributed by atoms with E-state index in [1.54, 1.807) is 11.3 Å². The predicted molar refractivity (Wildman–Crippen MR) is 85.3 cm³/mol. The van der Waals surface area contributed by atoms with Crippen molar-refractivity contribution in [3.05, 3.63) is 52.7 Å². The van der Waals surface area contributed by atoms with Gasteiger partial charge in [-0.25, -0.2) is 0 Å². The molecule has 1 aromatic carbocycles. The van der Waals surface area contributed by atoms with E-state index in [9.17, 15) is 4.79 Å². The van der Waals surface area contributed by atoms with E-state index in [0.717, 1.165) is 10.6 Å². The highest BCUT2D eigenvalue weighted by atomic mass is 32.1. The first-order valence-electron chi connectivity index (χ1n) is 6.74. The number of benzene rings is 1. The highest BCUT2D eigenvalue weighted by molar-refractivity contribution is 7.10. The lowest BCUT2D eigenvalue weighted by atomic mass is 10.2. The summed E-state index contributed by atoms with van der Waals surface area (Å²) in [5, 5.41) is 4.99. The van der Waals surface area contributed by atoms with E-state index >= 15 is 0 Å². The van der Waals surface area contributed by atoms with Crippen LogP contribution < -0.4 is 10.2 Å². The van der Waals surface area contributed by atoms with Gasteiger partial charge in [-0.2, -0.15) is 0 Å². The maximum Gasteiger partial charge on any atom is 0.225 e. The minimum absolute atomic E-state index is 0.0840. The molecule has 106 valence electrons. The van der Waals surface area contributed by atoms with Crippen molar-refractivity contribution in [3.63, 3.8) is 0 Å². The van der Waals surface area contributed by atoms with Crippen LogP contribution in [0.5, 0.6) is 0 Å². The number of rotatable bonds is 6. The maximum absolute atomic E-state index is 11.9. The standard InChI is InChI=1S/C16H20N2OS/c1-13(18(2)14-7-4-3-5-8-14)12-17-16(19)11-15-9-6-10-20-15/h3-10,13H,11-12H2,1-2H3,(H,17,19)/t13-/m1/s1. The van der Waals surface area contributed by atoms with Crippen LogP contribution in [0.3, 0.4) is 0 Å². The van der Waals surface area contributed by atoms with Crippen LogP contribution in [0, 0.1) is 0 Å². The zero-order valence-electron chi connectivity index (χ0n) is 11.9. The summed E-state index contributed by atoms with van der Waals surface area (Å²) in [6.07, 6.45) is 0.472. The topological polar surface area (TPSA) is 32.3 Å². The third kappa shape index (κ3) is 4.10. The van der Waals surface area contributed by atoms with Crippen LogP contribution in [0.2, 0.25) is 0 Å². The molecular weight excluding hydrogens is 268 g/mol. The molecule has 0 unspecified atom stereocenters. The van der Waals surface area contributed by atoms with E-state index in [0.29, 0.717) is 13.0 Å². The molecule has 0 aliphatic heterocycles. The molecule has 0 saturated heterocycles. The SMILES string of the molecule is C[C@H](CNC(=O)Cc1cccs1)N(C)c1ccccc1. The summed E-state index contributed by atoms with van der Waals surface area (Å²) < 4.78 is 0. The summed E-state index contributed by atoms with van der Waals surface area (Å²) in [5.74, 6) is 0.0840. The lowest BCUT2D eigenvalue weighted by molar-refractivity contribution is -0.120. The van der Waals surface area contributed by atoms with Gasteiger partial charge in [0.15, 0.2) is 0 Å². The molecule has 4 heteroatoms. The maximum atomic E-state index is 11.9. The molecule has 0 saturated carbocycles. The molecule has 1 amide bonds. The highest BCUT2D eigenvalue weighted by Gasteiger charge is 2.11. The number of hydrogen-bond donors (Lipinski definition) is 1. The van der Waals surface area contributed by atoms with Gasteiger partial charge in [-0.05, 0) is 30.5 Å². The van der Waals surface area contributed by atoms with Crippen molar-refractivity contribution in [1.29, 1.82) is 0 Å². The van der Waals surface area contributed by atoms with Crippen molar-refractivity contribution in [1.82, 2.24) is 5.32 Å². The van der Waals surface area contributed by atoms with Crippen LogP contribution in [0.1, 0.15) is 11.8 Å². The molecule has 0 radical (unpaired) electrons. The molecule has 0 aliphatic carbocycles. The number of anilines is 1. The van der Waals surface area contributed by atoms with Crippen molar-refractivity contribution >= 4 is 22.9 Å². The molecule has 1 N–H and O–H groups in total. The molecule has 1 aromatic heterocycles. The number of amides is 1. The van der Waals surface area contributed by atoms with Crippen molar-refractivity contribution in [2.75, 3.05) is 18.5 Å². The smallest absolute Gasteiger partial charge is 0.225 e. The van der Waals surface area contributed by atoms with Gasteiger partial charge in [0, 0.05) is 30.2 Å². The van der Waals surface area contributed by atoms with Gasteiger partial charge in [-0.15, -0.1) is 11.3 Å². The van der Waals surface area contributed by atoms with Gasteiger partial charge in [-0.3, -0.25) is 4.79 Å². The second kappa shape index (κ2) is 7.10. The molecule has 2 rings (SSSR count). The van der Waals surface area contributed by atoms with Crippen LogP contribution in [0.4, 0.5) is 5.69 Å². The second-order valence-electron chi connectivity index (χ2n) is 4.86. The van der Waals surface area contributed by atoms with Crippen LogP contribution in [-0.2, 0) is 11.2 Å². The van der Waals surface area contributed by atoms with Gasteiger partial charge >= 0.3 is 0 Å². The van der Waals surface area contributed by atoms with Gasteiger partial charge in [0.25, 0.3) is 0 Å². The largest absolute Gasteiger partial charge is 0.370 e. The van der Waals surface area contributed by atoms with Gasteiger partial charge in [0.1, 0.15) is 0 Å². The predicted octanol–water partition coefficient (Wildman–Crippen LogP) is 2.93. The van der Waals surface area contributed by atoms with Crippen molar-refractivity contribution in [2.24, 2.45) is 0 Å². The molecule has 0 fully saturated rings. The Morgan fingerprint density at radius 1 is 1.25 bits per heavy atom. The fourth-order valence-electron chi connectivity index (χ4n) is 1.95. The summed E-state index contributed by atoms with van der Waals surface area (Å²) >= 11 is 1.62. The monoisotopic (exact) mass is 288 g/mol. The van der Waals surface area contributed by atoms with Gasteiger partial charge < -0.3 is 10.2 Å². The van der Waals surface area contributed by atoms with Gasteiger partial charge in [0.05, 0.1) is 6.42 Å². The quantitative estimate of drug-likeness (QED) is 0.886. The summed E-state index contributed by atoms with van der Waals surface area (Å²) in [6.45, 7) is 2.76. The number of likely N-dealkylation sites (N-methyl/N-ethyl adjacent to an activating group) is 1. The lowest BCUT2D eigenvalue weighted by Gasteiger charge is -2.27. The number of para-hydroxylation sites is 1. The summed E-state index contributed by atoms with van der Waals surface area (Å²) in [4.78, 5) is 15.1.